The van der Waals surface area contributed by atoms with Crippen LogP contribution in [0.5, 0.6) is 11.5 Å². The lowest BCUT2D eigenvalue weighted by Gasteiger charge is -2.26. The van der Waals surface area contributed by atoms with Crippen LogP contribution >= 0.6 is 0 Å². The summed E-state index contributed by atoms with van der Waals surface area (Å²) in [7, 11) is 0. The van der Waals surface area contributed by atoms with Crippen LogP contribution < -0.4 is 20.4 Å². The Balaban J connectivity index is 2.03. The lowest BCUT2D eigenvalue weighted by Crippen LogP contribution is -2.52. The molecule has 1 fully saturated rings. The zero-order valence-electron chi connectivity index (χ0n) is 11.6. The quantitative estimate of drug-likeness (QED) is 0.550. The number of amides is 2. The number of halogens is 3. The molecular formula is C13H13F3N2O5. The zero-order valence-corrected chi connectivity index (χ0v) is 11.6. The number of hydrogen-bond acceptors (Lipinski definition) is 5. The van der Waals surface area contributed by atoms with Gasteiger partial charge >= 0.3 is 6.36 Å². The van der Waals surface area contributed by atoms with Gasteiger partial charge in [0.05, 0.1) is 6.10 Å². The third-order valence-electron chi connectivity index (χ3n) is 3.03. The Morgan fingerprint density at radius 2 is 1.96 bits per heavy atom. The number of alkyl halides is 3. The van der Waals surface area contributed by atoms with Crippen LogP contribution in [-0.2, 0) is 9.59 Å². The SMILES string of the molecule is O=C1NCCC(O)C1C(=O)NOc1ccccc1OC(F)(F)F. The number of hydrogen-bond donors (Lipinski definition) is 3. The topological polar surface area (TPSA) is 96.9 Å². The summed E-state index contributed by atoms with van der Waals surface area (Å²) in [5.41, 5.74) is 1.85. The van der Waals surface area contributed by atoms with Gasteiger partial charge in [0.15, 0.2) is 11.5 Å². The van der Waals surface area contributed by atoms with Crippen LogP contribution in [0.3, 0.4) is 0 Å². The largest absolute Gasteiger partial charge is 0.573 e. The average molecular weight is 334 g/mol. The molecule has 1 saturated heterocycles. The van der Waals surface area contributed by atoms with E-state index in [0.717, 1.165) is 12.1 Å². The highest BCUT2D eigenvalue weighted by atomic mass is 19.4. The molecule has 2 atom stereocenters. The van der Waals surface area contributed by atoms with Crippen molar-refractivity contribution < 1.29 is 37.4 Å². The van der Waals surface area contributed by atoms with Gasteiger partial charge in [-0.25, -0.2) is 0 Å². The monoisotopic (exact) mass is 334 g/mol. The molecule has 1 aliphatic rings. The Labute approximate surface area is 128 Å². The van der Waals surface area contributed by atoms with E-state index in [-0.39, 0.29) is 13.0 Å². The van der Waals surface area contributed by atoms with Crippen LogP contribution in [0.2, 0.25) is 0 Å². The summed E-state index contributed by atoms with van der Waals surface area (Å²) in [6.07, 6.45) is -5.95. The van der Waals surface area contributed by atoms with Crippen molar-refractivity contribution in [3.8, 4) is 11.5 Å². The number of hydroxylamine groups is 1. The summed E-state index contributed by atoms with van der Waals surface area (Å²) in [6, 6.07) is 4.79. The fourth-order valence-electron chi connectivity index (χ4n) is 2.00. The fourth-order valence-corrected chi connectivity index (χ4v) is 2.00. The lowest BCUT2D eigenvalue weighted by atomic mass is 9.95. The summed E-state index contributed by atoms with van der Waals surface area (Å²) in [5.74, 6) is -4.13. The first-order valence-electron chi connectivity index (χ1n) is 6.55. The Morgan fingerprint density at radius 3 is 2.57 bits per heavy atom. The summed E-state index contributed by atoms with van der Waals surface area (Å²) in [4.78, 5) is 28.2. The molecule has 0 saturated carbocycles. The number of aliphatic hydroxyl groups is 1. The van der Waals surface area contributed by atoms with Crippen molar-refractivity contribution in [2.24, 2.45) is 5.92 Å². The molecule has 0 spiro atoms. The number of para-hydroxylation sites is 2. The van der Waals surface area contributed by atoms with E-state index in [1.165, 1.54) is 12.1 Å². The standard InChI is InChI=1S/C13H13F3N2O5/c14-13(15,16)22-8-3-1-2-4-9(8)23-18-12(21)10-7(19)5-6-17-11(10)20/h1-4,7,10,19H,5-6H2,(H,17,20)(H,18,21). The molecule has 7 nitrogen and oxygen atoms in total. The van der Waals surface area contributed by atoms with Gasteiger partial charge in [0, 0.05) is 6.54 Å². The average Bonchev–Trinajstić information content (AvgIpc) is 2.44. The predicted octanol–water partition coefficient (Wildman–Crippen LogP) is 0.492. The number of rotatable bonds is 4. The fraction of sp³-hybridized carbons (Fsp3) is 0.385. The molecule has 0 aliphatic carbocycles. The summed E-state index contributed by atoms with van der Waals surface area (Å²) < 4.78 is 40.5. The highest BCUT2D eigenvalue weighted by Crippen LogP contribution is 2.31. The van der Waals surface area contributed by atoms with E-state index in [0.29, 0.717) is 0 Å². The second-order valence-electron chi connectivity index (χ2n) is 4.69. The Bertz CT molecular complexity index is 593. The maximum absolute atomic E-state index is 12.3. The minimum absolute atomic E-state index is 0.178. The molecule has 0 aromatic heterocycles. The van der Waals surface area contributed by atoms with Crippen molar-refractivity contribution in [2.75, 3.05) is 6.54 Å². The van der Waals surface area contributed by atoms with Gasteiger partial charge in [0.2, 0.25) is 5.91 Å². The number of ether oxygens (including phenoxy) is 1. The van der Waals surface area contributed by atoms with Crippen molar-refractivity contribution in [2.45, 2.75) is 18.9 Å². The van der Waals surface area contributed by atoms with Crippen LogP contribution in [-0.4, -0.2) is 35.9 Å². The number of carbonyl (C=O) groups excluding carboxylic acids is 2. The Morgan fingerprint density at radius 1 is 1.30 bits per heavy atom. The van der Waals surface area contributed by atoms with Gasteiger partial charge < -0.3 is 20.0 Å². The van der Waals surface area contributed by atoms with Crippen LogP contribution in [0.1, 0.15) is 6.42 Å². The third kappa shape index (κ3) is 4.49. The molecule has 126 valence electrons. The molecule has 2 rings (SSSR count). The molecule has 1 aromatic carbocycles. The Hall–Kier alpha value is -2.49. The number of benzene rings is 1. The molecule has 0 radical (unpaired) electrons. The van der Waals surface area contributed by atoms with E-state index >= 15 is 0 Å². The number of piperidine rings is 1. The number of aliphatic hydroxyl groups excluding tert-OH is 1. The summed E-state index contributed by atoms with van der Waals surface area (Å²) in [6.45, 7) is 0.229. The van der Waals surface area contributed by atoms with Gasteiger partial charge in [-0.15, -0.1) is 13.2 Å². The maximum atomic E-state index is 12.3. The Kier molecular flexibility index (Phi) is 4.94. The van der Waals surface area contributed by atoms with Gasteiger partial charge in [-0.3, -0.25) is 9.59 Å². The summed E-state index contributed by atoms with van der Waals surface area (Å²) >= 11 is 0. The molecule has 0 bridgehead atoms. The minimum Gasteiger partial charge on any atom is -0.402 e. The van der Waals surface area contributed by atoms with Crippen molar-refractivity contribution >= 4 is 11.8 Å². The molecule has 1 aromatic rings. The van der Waals surface area contributed by atoms with E-state index in [4.69, 9.17) is 4.84 Å². The van der Waals surface area contributed by atoms with Crippen LogP contribution in [0, 0.1) is 5.92 Å². The molecule has 2 unspecified atom stereocenters. The molecule has 1 aliphatic heterocycles. The molecular weight excluding hydrogens is 321 g/mol. The number of nitrogens with one attached hydrogen (secondary N) is 2. The van der Waals surface area contributed by atoms with Gasteiger partial charge in [0.25, 0.3) is 5.91 Å². The van der Waals surface area contributed by atoms with Gasteiger partial charge in [0.1, 0.15) is 5.92 Å². The molecule has 1 heterocycles. The smallest absolute Gasteiger partial charge is 0.402 e. The van der Waals surface area contributed by atoms with Crippen molar-refractivity contribution in [1.82, 2.24) is 10.8 Å². The number of carbonyl (C=O) groups is 2. The lowest BCUT2D eigenvalue weighted by molar-refractivity contribution is -0.275. The van der Waals surface area contributed by atoms with Crippen LogP contribution in [0.4, 0.5) is 13.2 Å². The first kappa shape index (κ1) is 16.9. The predicted molar refractivity (Wildman–Crippen MR) is 69.0 cm³/mol. The van der Waals surface area contributed by atoms with Crippen molar-refractivity contribution in [3.05, 3.63) is 24.3 Å². The minimum atomic E-state index is -4.93. The first-order chi connectivity index (χ1) is 10.8. The van der Waals surface area contributed by atoms with E-state index in [2.05, 4.69) is 10.1 Å². The van der Waals surface area contributed by atoms with E-state index in [1.807, 2.05) is 5.48 Å². The third-order valence-corrected chi connectivity index (χ3v) is 3.03. The second-order valence-corrected chi connectivity index (χ2v) is 4.69. The normalized spacial score (nSPS) is 21.3. The van der Waals surface area contributed by atoms with Crippen molar-refractivity contribution in [1.29, 1.82) is 0 Å². The van der Waals surface area contributed by atoms with Gasteiger partial charge in [-0.1, -0.05) is 12.1 Å². The van der Waals surface area contributed by atoms with Gasteiger partial charge in [-0.2, -0.15) is 5.48 Å². The molecule has 2 amide bonds. The molecule has 10 heteroatoms. The second kappa shape index (κ2) is 6.73. The molecule has 23 heavy (non-hydrogen) atoms. The highest BCUT2D eigenvalue weighted by molar-refractivity contribution is 6.01. The maximum Gasteiger partial charge on any atom is 0.573 e. The first-order valence-corrected chi connectivity index (χ1v) is 6.55. The zero-order chi connectivity index (χ0) is 17.0. The van der Waals surface area contributed by atoms with Crippen LogP contribution in [0.25, 0.3) is 0 Å². The van der Waals surface area contributed by atoms with E-state index in [9.17, 15) is 27.9 Å². The van der Waals surface area contributed by atoms with E-state index < -0.39 is 41.7 Å². The summed E-state index contributed by atoms with van der Waals surface area (Å²) in [5, 5.41) is 12.1. The highest BCUT2D eigenvalue weighted by Gasteiger charge is 2.37. The van der Waals surface area contributed by atoms with Crippen LogP contribution in [0.15, 0.2) is 24.3 Å². The van der Waals surface area contributed by atoms with Crippen molar-refractivity contribution in [3.63, 3.8) is 0 Å². The van der Waals surface area contributed by atoms with E-state index in [1.54, 1.807) is 0 Å². The molecule has 3 N–H and O–H groups in total. The van der Waals surface area contributed by atoms with Gasteiger partial charge in [-0.05, 0) is 18.6 Å².